The van der Waals surface area contributed by atoms with Crippen LogP contribution < -0.4 is 10.6 Å². The third-order valence-corrected chi connectivity index (χ3v) is 6.14. The Labute approximate surface area is 174 Å². The van der Waals surface area contributed by atoms with Gasteiger partial charge in [-0.3, -0.25) is 19.6 Å². The zero-order chi connectivity index (χ0) is 20.5. The molecule has 4 heterocycles. The van der Waals surface area contributed by atoms with Crippen molar-refractivity contribution < 1.29 is 9.59 Å². The number of nitrogens with one attached hydrogen (secondary N) is 2. The van der Waals surface area contributed by atoms with E-state index in [1.807, 2.05) is 31.5 Å². The van der Waals surface area contributed by atoms with Crippen LogP contribution in [0.2, 0.25) is 0 Å². The van der Waals surface area contributed by atoms with Gasteiger partial charge in [0.2, 0.25) is 5.91 Å². The quantitative estimate of drug-likeness (QED) is 0.510. The lowest BCUT2D eigenvalue weighted by atomic mass is 10.2. The number of aryl methyl sites for hydroxylation is 2. The zero-order valence-electron chi connectivity index (χ0n) is 16.0. The summed E-state index contributed by atoms with van der Waals surface area (Å²) < 4.78 is 1.70. The average molecular weight is 427 g/mol. The lowest BCUT2D eigenvalue weighted by Gasteiger charge is -2.02. The number of fused-ring (bicyclic) bond motifs is 1. The number of anilines is 1. The van der Waals surface area contributed by atoms with Gasteiger partial charge in [-0.2, -0.15) is 5.10 Å². The van der Waals surface area contributed by atoms with Crippen LogP contribution in [0.5, 0.6) is 0 Å². The van der Waals surface area contributed by atoms with Crippen LogP contribution in [-0.4, -0.2) is 31.6 Å². The third kappa shape index (κ3) is 4.03. The molecule has 0 aliphatic heterocycles. The number of rotatable bonds is 5. The van der Waals surface area contributed by atoms with Crippen molar-refractivity contribution in [3.8, 4) is 10.6 Å². The second kappa shape index (κ2) is 7.72. The highest BCUT2D eigenvalue weighted by atomic mass is 32.1. The first-order chi connectivity index (χ1) is 13.9. The van der Waals surface area contributed by atoms with E-state index in [-0.39, 0.29) is 11.8 Å². The fourth-order valence-electron chi connectivity index (χ4n) is 2.87. The predicted octanol–water partition coefficient (Wildman–Crippen LogP) is 3.35. The molecule has 10 heteroatoms. The summed E-state index contributed by atoms with van der Waals surface area (Å²) in [5.74, 6) is -0.325. The first-order valence-electron chi connectivity index (χ1n) is 8.80. The van der Waals surface area contributed by atoms with Gasteiger partial charge in [0.15, 0.2) is 10.8 Å². The Morgan fingerprint density at radius 2 is 2.10 bits per heavy atom. The van der Waals surface area contributed by atoms with Gasteiger partial charge in [-0.05, 0) is 25.1 Å². The molecule has 0 unspecified atom stereocenters. The highest BCUT2D eigenvalue weighted by Gasteiger charge is 2.14. The van der Waals surface area contributed by atoms with Gasteiger partial charge in [0.05, 0.1) is 28.4 Å². The lowest BCUT2D eigenvalue weighted by molar-refractivity contribution is -0.119. The molecule has 8 nitrogen and oxygen atoms in total. The van der Waals surface area contributed by atoms with Gasteiger partial charge in [-0.1, -0.05) is 0 Å². The van der Waals surface area contributed by atoms with Crippen LogP contribution in [0.15, 0.2) is 29.8 Å². The maximum atomic E-state index is 12.6. The van der Waals surface area contributed by atoms with Gasteiger partial charge >= 0.3 is 0 Å². The highest BCUT2D eigenvalue weighted by molar-refractivity contribution is 7.17. The molecule has 2 amide bonds. The van der Waals surface area contributed by atoms with E-state index < -0.39 is 0 Å². The minimum Gasteiger partial charge on any atom is -0.351 e. The molecule has 0 fully saturated rings. The van der Waals surface area contributed by atoms with Gasteiger partial charge < -0.3 is 5.32 Å². The van der Waals surface area contributed by atoms with Crippen molar-refractivity contribution in [2.45, 2.75) is 20.4 Å². The van der Waals surface area contributed by atoms with Crippen LogP contribution in [0, 0.1) is 6.92 Å². The molecule has 4 aromatic heterocycles. The van der Waals surface area contributed by atoms with Crippen LogP contribution in [0.1, 0.15) is 27.9 Å². The van der Waals surface area contributed by atoms with E-state index in [0.29, 0.717) is 17.2 Å². The van der Waals surface area contributed by atoms with E-state index >= 15 is 0 Å². The van der Waals surface area contributed by atoms with Crippen molar-refractivity contribution in [1.82, 2.24) is 25.1 Å². The van der Waals surface area contributed by atoms with Gasteiger partial charge in [0.1, 0.15) is 0 Å². The molecule has 4 rings (SSSR count). The number of thiophene rings is 1. The van der Waals surface area contributed by atoms with Crippen molar-refractivity contribution in [3.63, 3.8) is 0 Å². The molecule has 0 aliphatic carbocycles. The second-order valence-electron chi connectivity index (χ2n) is 6.47. The van der Waals surface area contributed by atoms with Crippen molar-refractivity contribution >= 4 is 50.7 Å². The number of thiazole rings is 1. The molecule has 4 aromatic rings. The Hall–Kier alpha value is -3.11. The zero-order valence-corrected chi connectivity index (χ0v) is 17.6. The van der Waals surface area contributed by atoms with E-state index in [2.05, 4.69) is 25.7 Å². The molecule has 29 heavy (non-hydrogen) atoms. The summed E-state index contributed by atoms with van der Waals surface area (Å²) in [5, 5.41) is 13.2. The molecular formula is C19H18N6O2S2. The standard InChI is InChI=1S/C19H18N6O2S2/c1-10-14-6-12(7-21-17(14)25(3)24-10)18(27)23-19-22-15(9-28-19)16-5-4-13(29-16)8-20-11(2)26/h4-7,9H,8H2,1-3H3,(H,20,26)(H,22,23,27). The summed E-state index contributed by atoms with van der Waals surface area (Å²) in [5.41, 5.74) is 2.82. The summed E-state index contributed by atoms with van der Waals surface area (Å²) in [6.07, 6.45) is 1.54. The molecule has 0 saturated carbocycles. The Balaban J connectivity index is 1.48. The first kappa shape index (κ1) is 19.2. The maximum absolute atomic E-state index is 12.6. The summed E-state index contributed by atoms with van der Waals surface area (Å²) in [6, 6.07) is 5.72. The monoisotopic (exact) mass is 426 g/mol. The molecule has 0 bridgehead atoms. The summed E-state index contributed by atoms with van der Waals surface area (Å²) in [4.78, 5) is 34.5. The Bertz CT molecular complexity index is 1220. The van der Waals surface area contributed by atoms with Crippen molar-refractivity contribution in [2.24, 2.45) is 7.05 Å². The smallest absolute Gasteiger partial charge is 0.259 e. The topological polar surface area (TPSA) is 102 Å². The molecule has 148 valence electrons. The van der Waals surface area contributed by atoms with E-state index in [1.54, 1.807) is 28.3 Å². The number of nitrogens with zero attached hydrogens (tertiary/aromatic N) is 4. The van der Waals surface area contributed by atoms with Crippen LogP contribution >= 0.6 is 22.7 Å². The van der Waals surface area contributed by atoms with Gasteiger partial charge in [-0.15, -0.1) is 22.7 Å². The number of pyridine rings is 1. The van der Waals surface area contributed by atoms with Gasteiger partial charge in [0.25, 0.3) is 5.91 Å². The Morgan fingerprint density at radius 3 is 2.90 bits per heavy atom. The summed E-state index contributed by atoms with van der Waals surface area (Å²) in [6.45, 7) is 3.88. The fourth-order valence-corrected chi connectivity index (χ4v) is 4.56. The normalized spacial score (nSPS) is 11.0. The van der Waals surface area contributed by atoms with Crippen LogP contribution in [0.4, 0.5) is 5.13 Å². The molecule has 2 N–H and O–H groups in total. The average Bonchev–Trinajstić information content (AvgIpc) is 3.40. The molecule has 0 saturated heterocycles. The maximum Gasteiger partial charge on any atom is 0.259 e. The van der Waals surface area contributed by atoms with E-state index in [4.69, 9.17) is 0 Å². The SMILES string of the molecule is CC(=O)NCc1ccc(-c2csc(NC(=O)c3cnc4c(c3)c(C)nn4C)n2)s1. The Kier molecular flexibility index (Phi) is 5.12. The number of hydrogen-bond donors (Lipinski definition) is 2. The predicted molar refractivity (Wildman–Crippen MR) is 114 cm³/mol. The number of carbonyl (C=O) groups excluding carboxylic acids is 2. The largest absolute Gasteiger partial charge is 0.351 e. The lowest BCUT2D eigenvalue weighted by Crippen LogP contribution is -2.17. The number of aromatic nitrogens is 4. The number of amides is 2. The van der Waals surface area contributed by atoms with Crippen LogP contribution in [-0.2, 0) is 18.4 Å². The number of carbonyl (C=O) groups is 2. The van der Waals surface area contributed by atoms with Gasteiger partial charge in [0, 0.05) is 35.8 Å². The molecule has 0 atom stereocenters. The Morgan fingerprint density at radius 1 is 1.28 bits per heavy atom. The number of hydrogen-bond acceptors (Lipinski definition) is 7. The summed E-state index contributed by atoms with van der Waals surface area (Å²) >= 11 is 2.92. The van der Waals surface area contributed by atoms with Crippen molar-refractivity contribution in [2.75, 3.05) is 5.32 Å². The van der Waals surface area contributed by atoms with E-state index in [9.17, 15) is 9.59 Å². The highest BCUT2D eigenvalue weighted by Crippen LogP contribution is 2.31. The van der Waals surface area contributed by atoms with E-state index in [0.717, 1.165) is 32.2 Å². The van der Waals surface area contributed by atoms with Crippen molar-refractivity contribution in [3.05, 3.63) is 45.9 Å². The first-order valence-corrected chi connectivity index (χ1v) is 10.5. The fraction of sp³-hybridized carbons (Fsp3) is 0.211. The minimum atomic E-state index is -0.263. The van der Waals surface area contributed by atoms with Crippen molar-refractivity contribution in [1.29, 1.82) is 0 Å². The minimum absolute atomic E-state index is 0.0623. The van der Waals surface area contributed by atoms with Crippen LogP contribution in [0.3, 0.4) is 0 Å². The molecule has 0 aliphatic rings. The van der Waals surface area contributed by atoms with E-state index in [1.165, 1.54) is 18.3 Å². The second-order valence-corrected chi connectivity index (χ2v) is 8.50. The molecule has 0 spiro atoms. The van der Waals surface area contributed by atoms with Gasteiger partial charge in [-0.25, -0.2) is 9.97 Å². The molecular weight excluding hydrogens is 408 g/mol. The molecule has 0 aromatic carbocycles. The van der Waals surface area contributed by atoms with Crippen LogP contribution in [0.25, 0.3) is 21.6 Å². The summed E-state index contributed by atoms with van der Waals surface area (Å²) in [7, 11) is 1.82. The third-order valence-electron chi connectivity index (χ3n) is 4.28. The molecule has 0 radical (unpaired) electrons.